The number of nitrogen functional groups attached to an aromatic ring is 1. The van der Waals surface area contributed by atoms with Gasteiger partial charge in [0.15, 0.2) is 5.78 Å². The maximum absolute atomic E-state index is 12.3. The number of nitrogens with two attached hydrogens (primary N) is 1. The summed E-state index contributed by atoms with van der Waals surface area (Å²) in [4.78, 5) is 14.3. The normalized spacial score (nSPS) is 12.4. The fourth-order valence-electron chi connectivity index (χ4n) is 1.84. The number of hydrogen-bond acceptors (Lipinski definition) is 5. The van der Waals surface area contributed by atoms with E-state index in [1.165, 1.54) is 0 Å². The van der Waals surface area contributed by atoms with Gasteiger partial charge in [-0.25, -0.2) is 0 Å². The van der Waals surface area contributed by atoms with Crippen LogP contribution >= 0.6 is 0 Å². The monoisotopic (exact) mass is 279 g/mol. The zero-order chi connectivity index (χ0) is 15.1. The number of nitrogens with one attached hydrogen (secondary N) is 1. The fraction of sp³-hybridized carbons (Fsp3) is 0.533. The van der Waals surface area contributed by atoms with Gasteiger partial charge >= 0.3 is 0 Å². The van der Waals surface area contributed by atoms with Gasteiger partial charge in [0, 0.05) is 18.7 Å². The second-order valence-electron chi connectivity index (χ2n) is 5.03. The third-order valence-corrected chi connectivity index (χ3v) is 3.00. The van der Waals surface area contributed by atoms with Crippen molar-refractivity contribution in [1.82, 2.24) is 10.2 Å². The summed E-state index contributed by atoms with van der Waals surface area (Å²) in [5.74, 6) is 0.663. The second-order valence-corrected chi connectivity index (χ2v) is 5.03. The number of hydrogen-bond donors (Lipinski definition) is 2. The van der Waals surface area contributed by atoms with Crippen LogP contribution in [0, 0.1) is 0 Å². The van der Waals surface area contributed by atoms with E-state index < -0.39 is 0 Å². The Kier molecular flexibility index (Phi) is 6.48. The number of likely N-dealkylation sites (N-methyl/N-ethyl adjacent to an activating group) is 1. The first-order chi connectivity index (χ1) is 9.45. The molecule has 1 aromatic rings. The molecule has 1 unspecified atom stereocenters. The molecule has 5 heteroatoms. The van der Waals surface area contributed by atoms with E-state index in [4.69, 9.17) is 10.5 Å². The lowest BCUT2D eigenvalue weighted by molar-refractivity contribution is 0.0950. The van der Waals surface area contributed by atoms with Gasteiger partial charge in [-0.1, -0.05) is 0 Å². The van der Waals surface area contributed by atoms with Crippen molar-refractivity contribution in [3.05, 3.63) is 23.8 Å². The highest BCUT2D eigenvalue weighted by Gasteiger charge is 2.15. The highest BCUT2D eigenvalue weighted by atomic mass is 16.5. The van der Waals surface area contributed by atoms with Crippen molar-refractivity contribution in [2.45, 2.75) is 19.9 Å². The molecule has 5 nitrogen and oxygen atoms in total. The van der Waals surface area contributed by atoms with Gasteiger partial charge in [0.2, 0.25) is 0 Å². The third kappa shape index (κ3) is 4.83. The van der Waals surface area contributed by atoms with Crippen molar-refractivity contribution < 1.29 is 9.53 Å². The molecule has 0 fully saturated rings. The number of benzene rings is 1. The summed E-state index contributed by atoms with van der Waals surface area (Å²) >= 11 is 0. The van der Waals surface area contributed by atoms with Crippen molar-refractivity contribution in [3.8, 4) is 5.75 Å². The predicted octanol–water partition coefficient (Wildman–Crippen LogP) is 1.39. The number of carbonyl (C=O) groups is 1. The van der Waals surface area contributed by atoms with E-state index in [2.05, 4.69) is 10.2 Å². The van der Waals surface area contributed by atoms with Gasteiger partial charge < -0.3 is 20.7 Å². The van der Waals surface area contributed by atoms with Gasteiger partial charge in [0.25, 0.3) is 0 Å². The molecule has 1 aromatic carbocycles. The minimum Gasteiger partial charge on any atom is -0.492 e. The number of Topliss-reactive ketones (excluding diaryl/α,β-unsaturated/α-hetero) is 1. The van der Waals surface area contributed by atoms with Crippen LogP contribution in [0.3, 0.4) is 0 Å². The summed E-state index contributed by atoms with van der Waals surface area (Å²) in [6, 6.07) is 4.96. The van der Waals surface area contributed by atoms with Gasteiger partial charge in [-0.3, -0.25) is 4.79 Å². The quantitative estimate of drug-likeness (QED) is 0.556. The highest BCUT2D eigenvalue weighted by Crippen LogP contribution is 2.23. The van der Waals surface area contributed by atoms with Crippen LogP contribution in [0.15, 0.2) is 18.2 Å². The molecule has 0 bridgehead atoms. The van der Waals surface area contributed by atoms with Gasteiger partial charge in [-0.2, -0.15) is 0 Å². The first kappa shape index (κ1) is 16.5. The van der Waals surface area contributed by atoms with E-state index >= 15 is 0 Å². The lowest BCUT2D eigenvalue weighted by Gasteiger charge is -2.16. The van der Waals surface area contributed by atoms with Crippen LogP contribution < -0.4 is 15.8 Å². The van der Waals surface area contributed by atoms with Crippen LogP contribution in [0.4, 0.5) is 5.69 Å². The van der Waals surface area contributed by atoms with Gasteiger partial charge in [0.05, 0.1) is 18.3 Å². The number of nitrogens with zero attached hydrogens (tertiary/aromatic N) is 1. The number of anilines is 1. The first-order valence-corrected chi connectivity index (χ1v) is 6.90. The van der Waals surface area contributed by atoms with E-state index in [0.29, 0.717) is 23.6 Å². The predicted molar refractivity (Wildman–Crippen MR) is 82.4 cm³/mol. The zero-order valence-corrected chi connectivity index (χ0v) is 12.8. The third-order valence-electron chi connectivity index (χ3n) is 3.00. The van der Waals surface area contributed by atoms with E-state index in [1.54, 1.807) is 18.2 Å². The molecule has 0 saturated heterocycles. The topological polar surface area (TPSA) is 67.6 Å². The molecule has 1 rings (SSSR count). The van der Waals surface area contributed by atoms with Crippen LogP contribution in [0.2, 0.25) is 0 Å². The molecule has 0 amide bonds. The average molecular weight is 279 g/mol. The average Bonchev–Trinajstić information content (AvgIpc) is 2.40. The molecule has 0 saturated carbocycles. The Morgan fingerprint density at radius 2 is 2.15 bits per heavy atom. The molecule has 0 aliphatic carbocycles. The Balaban J connectivity index is 2.64. The zero-order valence-electron chi connectivity index (χ0n) is 12.8. The number of carbonyl (C=O) groups excluding carboxylic acids is 1. The maximum Gasteiger partial charge on any atom is 0.179 e. The molecule has 0 aliphatic heterocycles. The minimum absolute atomic E-state index is 0.0403. The van der Waals surface area contributed by atoms with E-state index in [0.717, 1.165) is 13.1 Å². The van der Waals surface area contributed by atoms with Gasteiger partial charge in [-0.05, 0) is 46.1 Å². The van der Waals surface area contributed by atoms with Crippen molar-refractivity contribution >= 4 is 11.5 Å². The fourth-order valence-corrected chi connectivity index (χ4v) is 1.84. The largest absolute Gasteiger partial charge is 0.492 e. The van der Waals surface area contributed by atoms with Crippen LogP contribution in [-0.4, -0.2) is 50.5 Å². The molecule has 20 heavy (non-hydrogen) atoms. The Labute approximate surface area is 121 Å². The Hall–Kier alpha value is -1.59. The Morgan fingerprint density at radius 3 is 2.70 bits per heavy atom. The Morgan fingerprint density at radius 1 is 1.45 bits per heavy atom. The molecule has 0 aliphatic rings. The smallest absolute Gasteiger partial charge is 0.179 e. The van der Waals surface area contributed by atoms with Crippen LogP contribution in [0.1, 0.15) is 24.2 Å². The molecular weight excluding hydrogens is 254 g/mol. The van der Waals surface area contributed by atoms with Gasteiger partial charge in [0.1, 0.15) is 5.75 Å². The molecular formula is C15H25N3O2. The van der Waals surface area contributed by atoms with E-state index in [1.807, 2.05) is 27.9 Å². The summed E-state index contributed by atoms with van der Waals surface area (Å²) in [5, 5.41) is 3.21. The van der Waals surface area contributed by atoms with Crippen LogP contribution in [0.5, 0.6) is 5.75 Å². The maximum atomic E-state index is 12.3. The number of ketones is 1. The Bertz CT molecular complexity index is 447. The molecule has 0 spiro atoms. The molecule has 3 N–H and O–H groups in total. The molecule has 112 valence electrons. The van der Waals surface area contributed by atoms with Crippen LogP contribution in [0.25, 0.3) is 0 Å². The number of ether oxygens (including phenoxy) is 1. The summed E-state index contributed by atoms with van der Waals surface area (Å²) in [7, 11) is 4.00. The van der Waals surface area contributed by atoms with Gasteiger partial charge in [-0.15, -0.1) is 0 Å². The van der Waals surface area contributed by atoms with E-state index in [9.17, 15) is 4.79 Å². The van der Waals surface area contributed by atoms with Crippen molar-refractivity contribution in [3.63, 3.8) is 0 Å². The molecule has 0 heterocycles. The second kappa shape index (κ2) is 7.87. The highest BCUT2D eigenvalue weighted by molar-refractivity contribution is 6.00. The van der Waals surface area contributed by atoms with E-state index in [-0.39, 0.29) is 11.8 Å². The molecule has 0 aromatic heterocycles. The first-order valence-electron chi connectivity index (χ1n) is 6.90. The van der Waals surface area contributed by atoms with Crippen molar-refractivity contribution in [2.75, 3.05) is 39.5 Å². The van der Waals surface area contributed by atoms with Crippen molar-refractivity contribution in [1.29, 1.82) is 0 Å². The standard InChI is InChI=1S/C15H25N3O2/c1-5-20-14-7-6-12(10-13(14)16)15(19)11(2)17-8-9-18(3)4/h6-7,10-11,17H,5,8-9,16H2,1-4H3. The lowest BCUT2D eigenvalue weighted by atomic mass is 10.0. The summed E-state index contributed by atoms with van der Waals surface area (Å²) in [5.41, 5.74) is 6.99. The van der Waals surface area contributed by atoms with Crippen molar-refractivity contribution in [2.24, 2.45) is 0 Å². The summed E-state index contributed by atoms with van der Waals surface area (Å²) in [6.45, 7) is 5.98. The summed E-state index contributed by atoms with van der Waals surface area (Å²) < 4.78 is 5.37. The molecule has 0 radical (unpaired) electrons. The minimum atomic E-state index is -0.229. The summed E-state index contributed by atoms with van der Waals surface area (Å²) in [6.07, 6.45) is 0. The lowest BCUT2D eigenvalue weighted by Crippen LogP contribution is -2.38. The number of rotatable bonds is 8. The SMILES string of the molecule is CCOc1ccc(C(=O)C(C)NCCN(C)C)cc1N. The molecule has 1 atom stereocenters. The van der Waals surface area contributed by atoms with Crippen LogP contribution in [-0.2, 0) is 0 Å².